The number of pyridine rings is 2. The van der Waals surface area contributed by atoms with Gasteiger partial charge in [-0.25, -0.2) is 0 Å². The standard InChI is InChI=1S/C36H32N2OSe.Pt/c1-35(2,3)24-14-16-37-30(19-24)23-10-9-11-26(18-23)39-27-21-29(31-20-25(15-17-38-31)36(4,5)6)34-28-12-7-8-13-32(28)40-33(34)22-27;/h7-17,19-20,22H,1-6H3;/q-2;+2. The van der Waals surface area contributed by atoms with Crippen LogP contribution in [0.5, 0.6) is 11.5 Å². The van der Waals surface area contributed by atoms with Gasteiger partial charge in [-0.05, 0) is 0 Å². The van der Waals surface area contributed by atoms with Gasteiger partial charge in [0.1, 0.15) is 0 Å². The van der Waals surface area contributed by atoms with E-state index in [1.54, 1.807) is 0 Å². The van der Waals surface area contributed by atoms with Crippen LogP contribution in [0.4, 0.5) is 0 Å². The fourth-order valence-corrected chi connectivity index (χ4v) is 7.26. The summed E-state index contributed by atoms with van der Waals surface area (Å²) in [5.41, 5.74) is 6.24. The van der Waals surface area contributed by atoms with Crippen LogP contribution in [-0.4, -0.2) is 24.5 Å². The van der Waals surface area contributed by atoms with Crippen molar-refractivity contribution in [3.63, 3.8) is 0 Å². The summed E-state index contributed by atoms with van der Waals surface area (Å²) in [6.07, 6.45) is 3.78. The summed E-state index contributed by atoms with van der Waals surface area (Å²) < 4.78 is 9.13. The van der Waals surface area contributed by atoms with Gasteiger partial charge in [-0.2, -0.15) is 0 Å². The third-order valence-corrected chi connectivity index (χ3v) is 9.50. The SMILES string of the molecule is CC(C)(C)c1ccnc(-c2[c-]c(Oc3[c-]c(-c4cc(C(C)(C)C)ccn4)c4c(c3)[se]c3ccccc34)ccc2)c1.[Pt+2]. The van der Waals surface area contributed by atoms with Crippen molar-refractivity contribution in [3.05, 3.63) is 108 Å². The smallest absolute Gasteiger partial charge is 2.00 e. The van der Waals surface area contributed by atoms with Crippen molar-refractivity contribution < 1.29 is 25.8 Å². The number of nitrogens with zero attached hydrogens (tertiary/aromatic N) is 2. The van der Waals surface area contributed by atoms with Crippen LogP contribution in [-0.2, 0) is 31.9 Å². The Labute approximate surface area is 263 Å². The molecule has 0 saturated heterocycles. The van der Waals surface area contributed by atoms with Gasteiger partial charge in [0.2, 0.25) is 0 Å². The van der Waals surface area contributed by atoms with E-state index in [0.717, 1.165) is 22.5 Å². The summed E-state index contributed by atoms with van der Waals surface area (Å²) in [5, 5.41) is 2.50. The van der Waals surface area contributed by atoms with Crippen molar-refractivity contribution in [3.8, 4) is 34.0 Å². The van der Waals surface area contributed by atoms with E-state index in [1.807, 2.05) is 30.6 Å². The molecule has 0 radical (unpaired) electrons. The van der Waals surface area contributed by atoms with E-state index >= 15 is 0 Å². The maximum absolute atomic E-state index is 6.47. The quantitative estimate of drug-likeness (QED) is 0.132. The maximum atomic E-state index is 6.47. The molecule has 0 bridgehead atoms. The minimum absolute atomic E-state index is 0. The van der Waals surface area contributed by atoms with E-state index in [-0.39, 0.29) is 46.4 Å². The topological polar surface area (TPSA) is 35.0 Å². The Bertz CT molecular complexity index is 1860. The fourth-order valence-electron chi connectivity index (χ4n) is 4.87. The van der Waals surface area contributed by atoms with Crippen LogP contribution in [0.3, 0.4) is 0 Å². The number of rotatable bonds is 4. The molecule has 0 unspecified atom stereocenters. The first-order valence-corrected chi connectivity index (χ1v) is 15.3. The van der Waals surface area contributed by atoms with Gasteiger partial charge in [0.25, 0.3) is 0 Å². The van der Waals surface area contributed by atoms with E-state index in [2.05, 4.69) is 113 Å². The van der Waals surface area contributed by atoms with Gasteiger partial charge in [-0.1, -0.05) is 0 Å². The number of hydrogen-bond donors (Lipinski definition) is 0. The van der Waals surface area contributed by atoms with Crippen LogP contribution >= 0.6 is 0 Å². The van der Waals surface area contributed by atoms with Gasteiger partial charge in [0.05, 0.1) is 0 Å². The van der Waals surface area contributed by atoms with Crippen LogP contribution in [0, 0.1) is 12.1 Å². The molecule has 0 amide bonds. The maximum Gasteiger partial charge on any atom is 2.00 e. The molecule has 3 nitrogen and oxygen atoms in total. The normalized spacial score (nSPS) is 12.0. The molecule has 3 heterocycles. The zero-order chi connectivity index (χ0) is 28.1. The van der Waals surface area contributed by atoms with Crippen molar-refractivity contribution in [2.45, 2.75) is 52.4 Å². The van der Waals surface area contributed by atoms with Gasteiger partial charge >= 0.3 is 264 Å². The van der Waals surface area contributed by atoms with Crippen LogP contribution in [0.15, 0.2) is 85.2 Å². The third kappa shape index (κ3) is 6.12. The number of aromatic nitrogens is 2. The summed E-state index contributed by atoms with van der Waals surface area (Å²) in [5.74, 6) is 1.32. The Balaban J connectivity index is 0.00000337. The largest absolute Gasteiger partial charge is 2.00 e. The van der Waals surface area contributed by atoms with E-state index < -0.39 is 0 Å². The van der Waals surface area contributed by atoms with Crippen molar-refractivity contribution in [1.82, 2.24) is 9.97 Å². The molecular formula is C36H32N2OPtSe. The van der Waals surface area contributed by atoms with Gasteiger partial charge in [-0.3, -0.25) is 0 Å². The van der Waals surface area contributed by atoms with Crippen LogP contribution in [0.1, 0.15) is 52.7 Å². The Kier molecular flexibility index (Phi) is 8.14. The van der Waals surface area contributed by atoms with Crippen molar-refractivity contribution in [2.75, 3.05) is 0 Å². The molecule has 0 N–H and O–H groups in total. The molecule has 0 aliphatic carbocycles. The summed E-state index contributed by atoms with van der Waals surface area (Å²) in [4.78, 5) is 9.43. The average Bonchev–Trinajstić information content (AvgIpc) is 3.30. The molecule has 3 aromatic heterocycles. The number of ether oxygens (including phenoxy) is 1. The molecule has 0 aliphatic heterocycles. The Morgan fingerprint density at radius 1 is 0.659 bits per heavy atom. The molecule has 5 heteroatoms. The summed E-state index contributed by atoms with van der Waals surface area (Å²) in [7, 11) is 0. The zero-order valence-corrected chi connectivity index (χ0v) is 28.1. The Hall–Kier alpha value is -3.03. The molecular weight excluding hydrogens is 750 g/mol. The molecule has 41 heavy (non-hydrogen) atoms. The van der Waals surface area contributed by atoms with E-state index in [9.17, 15) is 0 Å². The monoisotopic (exact) mass is 783 g/mol. The predicted octanol–water partition coefficient (Wildman–Crippen LogP) is 9.16. The Morgan fingerprint density at radius 3 is 2.02 bits per heavy atom. The molecule has 0 spiro atoms. The molecule has 0 saturated carbocycles. The molecule has 0 atom stereocenters. The number of benzene rings is 3. The minimum Gasteiger partial charge on any atom is 2.00 e. The fraction of sp³-hybridized carbons (Fsp3) is 0.222. The van der Waals surface area contributed by atoms with Crippen LogP contribution < -0.4 is 4.74 Å². The summed E-state index contributed by atoms with van der Waals surface area (Å²) in [6, 6.07) is 32.4. The molecule has 6 aromatic rings. The summed E-state index contributed by atoms with van der Waals surface area (Å²) in [6.45, 7) is 13.3. The first kappa shape index (κ1) is 29.5. The van der Waals surface area contributed by atoms with Gasteiger partial charge < -0.3 is 0 Å². The third-order valence-electron chi connectivity index (χ3n) is 7.16. The minimum atomic E-state index is 0. The van der Waals surface area contributed by atoms with Crippen LogP contribution in [0.25, 0.3) is 41.8 Å². The molecule has 6 rings (SSSR count). The zero-order valence-electron chi connectivity index (χ0n) is 24.1. The summed E-state index contributed by atoms with van der Waals surface area (Å²) >= 11 is 0.179. The van der Waals surface area contributed by atoms with Crippen LogP contribution in [0.2, 0.25) is 0 Å². The predicted molar refractivity (Wildman–Crippen MR) is 166 cm³/mol. The second kappa shape index (κ2) is 11.3. The first-order valence-electron chi connectivity index (χ1n) is 13.6. The molecule has 3 aromatic carbocycles. The van der Waals surface area contributed by atoms with E-state index in [4.69, 9.17) is 9.72 Å². The van der Waals surface area contributed by atoms with E-state index in [1.165, 1.54) is 30.4 Å². The second-order valence-corrected chi connectivity index (χ2v) is 14.5. The van der Waals surface area contributed by atoms with Gasteiger partial charge in [0.15, 0.2) is 0 Å². The second-order valence-electron chi connectivity index (χ2n) is 12.2. The Morgan fingerprint density at radius 2 is 1.32 bits per heavy atom. The average molecular weight is 783 g/mol. The first-order chi connectivity index (χ1) is 19.1. The van der Waals surface area contributed by atoms with Crippen molar-refractivity contribution in [1.29, 1.82) is 0 Å². The van der Waals surface area contributed by atoms with Crippen molar-refractivity contribution in [2.24, 2.45) is 0 Å². The number of hydrogen-bond acceptors (Lipinski definition) is 3. The molecule has 0 fully saturated rings. The number of fused-ring (bicyclic) bond motifs is 3. The van der Waals surface area contributed by atoms with Crippen molar-refractivity contribution >= 4 is 33.8 Å². The molecule has 208 valence electrons. The van der Waals surface area contributed by atoms with Gasteiger partial charge in [0, 0.05) is 0 Å². The van der Waals surface area contributed by atoms with Gasteiger partial charge in [-0.15, -0.1) is 0 Å². The molecule has 0 aliphatic rings. The van der Waals surface area contributed by atoms with E-state index in [0.29, 0.717) is 11.5 Å².